The molecular formula is C28H33N5O3. The Morgan fingerprint density at radius 3 is 2.56 bits per heavy atom. The summed E-state index contributed by atoms with van der Waals surface area (Å²) in [6.45, 7) is 1.29. The number of rotatable bonds is 4. The molecule has 2 fully saturated rings. The second kappa shape index (κ2) is 11.4. The number of benzene rings is 2. The van der Waals surface area contributed by atoms with Gasteiger partial charge >= 0.3 is 6.03 Å². The number of amides is 3. The van der Waals surface area contributed by atoms with Gasteiger partial charge in [-0.15, -0.1) is 0 Å². The first kappa shape index (κ1) is 24.0. The quantitative estimate of drug-likeness (QED) is 0.553. The van der Waals surface area contributed by atoms with Gasteiger partial charge in [0.25, 0.3) is 0 Å². The maximum atomic E-state index is 13.4. The van der Waals surface area contributed by atoms with E-state index in [1.807, 2.05) is 65.6 Å². The van der Waals surface area contributed by atoms with Crippen molar-refractivity contribution in [2.24, 2.45) is 5.92 Å². The zero-order valence-electron chi connectivity index (χ0n) is 20.4. The average Bonchev–Trinajstić information content (AvgIpc) is 3.53. The number of fused-ring (bicyclic) bond motifs is 1. The van der Waals surface area contributed by atoms with Gasteiger partial charge in [0.1, 0.15) is 0 Å². The monoisotopic (exact) mass is 487 g/mol. The predicted molar refractivity (Wildman–Crippen MR) is 136 cm³/mol. The van der Waals surface area contributed by atoms with Crippen molar-refractivity contribution in [1.82, 2.24) is 20.4 Å². The SMILES string of the molecule is O=C1NCCCCCCN(C(=O)Nc2ccccc2)[C@H]2C[C@H](c3nc(Cc4ccccc4)no3)C[C@@H]12. The third kappa shape index (κ3) is 5.75. The molecule has 0 bridgehead atoms. The zero-order chi connectivity index (χ0) is 24.7. The van der Waals surface area contributed by atoms with Crippen molar-refractivity contribution in [1.29, 1.82) is 0 Å². The molecule has 2 N–H and O–H groups in total. The summed E-state index contributed by atoms with van der Waals surface area (Å²) in [4.78, 5) is 33.2. The van der Waals surface area contributed by atoms with Crippen LogP contribution in [0.25, 0.3) is 0 Å². The number of urea groups is 1. The van der Waals surface area contributed by atoms with Gasteiger partial charge in [-0.1, -0.05) is 66.5 Å². The first-order valence-electron chi connectivity index (χ1n) is 12.9. The molecular weight excluding hydrogens is 454 g/mol. The first-order chi connectivity index (χ1) is 17.7. The lowest BCUT2D eigenvalue weighted by Crippen LogP contribution is -2.48. The van der Waals surface area contributed by atoms with Crippen molar-refractivity contribution >= 4 is 17.6 Å². The summed E-state index contributed by atoms with van der Waals surface area (Å²) >= 11 is 0. The summed E-state index contributed by atoms with van der Waals surface area (Å²) in [6, 6.07) is 19.1. The Morgan fingerprint density at radius 2 is 1.75 bits per heavy atom. The Balaban J connectivity index is 1.36. The van der Waals surface area contributed by atoms with Gasteiger partial charge in [-0.2, -0.15) is 4.98 Å². The number of anilines is 1. The highest BCUT2D eigenvalue weighted by molar-refractivity contribution is 5.90. The number of hydrogen-bond donors (Lipinski definition) is 2. The summed E-state index contributed by atoms with van der Waals surface area (Å²) < 4.78 is 5.67. The van der Waals surface area contributed by atoms with Crippen molar-refractivity contribution in [3.05, 3.63) is 77.9 Å². The van der Waals surface area contributed by atoms with E-state index in [1.54, 1.807) is 0 Å². The van der Waals surface area contributed by atoms with Crippen molar-refractivity contribution < 1.29 is 14.1 Å². The van der Waals surface area contributed by atoms with Crippen LogP contribution in [0.1, 0.15) is 61.7 Å². The number of carbonyl (C=O) groups excluding carboxylic acids is 2. The Kier molecular flexibility index (Phi) is 7.59. The number of para-hydroxylation sites is 1. The third-order valence-corrected chi connectivity index (χ3v) is 7.22. The van der Waals surface area contributed by atoms with Crippen molar-refractivity contribution in [2.75, 3.05) is 18.4 Å². The minimum atomic E-state index is -0.320. The maximum Gasteiger partial charge on any atom is 0.322 e. The first-order valence-corrected chi connectivity index (χ1v) is 12.9. The van der Waals surface area contributed by atoms with Crippen LogP contribution >= 0.6 is 0 Å². The molecule has 3 amide bonds. The molecule has 0 unspecified atom stereocenters. The second-order valence-corrected chi connectivity index (χ2v) is 9.75. The molecule has 1 saturated heterocycles. The molecule has 2 aliphatic rings. The summed E-state index contributed by atoms with van der Waals surface area (Å²) in [6.07, 6.45) is 5.72. The van der Waals surface area contributed by atoms with Crippen LogP contribution in [0.4, 0.5) is 10.5 Å². The average molecular weight is 488 g/mol. The molecule has 3 aromatic rings. The van der Waals surface area contributed by atoms with Crippen molar-refractivity contribution in [3.8, 4) is 0 Å². The number of nitrogens with zero attached hydrogens (tertiary/aromatic N) is 3. The minimum absolute atomic E-state index is 0.00550. The molecule has 0 spiro atoms. The molecule has 36 heavy (non-hydrogen) atoms. The summed E-state index contributed by atoms with van der Waals surface area (Å²) in [7, 11) is 0. The fourth-order valence-corrected chi connectivity index (χ4v) is 5.37. The molecule has 1 aliphatic carbocycles. The number of nitrogens with one attached hydrogen (secondary N) is 2. The molecule has 5 rings (SSSR count). The van der Waals surface area contributed by atoms with Gasteiger partial charge in [0.05, 0.1) is 5.92 Å². The molecule has 188 valence electrons. The second-order valence-electron chi connectivity index (χ2n) is 9.75. The van der Waals surface area contributed by atoms with Crippen molar-refractivity contribution in [3.63, 3.8) is 0 Å². The number of hydrogen-bond acceptors (Lipinski definition) is 5. The van der Waals surface area contributed by atoms with E-state index in [1.165, 1.54) is 0 Å². The Hall–Kier alpha value is -3.68. The van der Waals surface area contributed by atoms with Crippen LogP contribution in [0, 0.1) is 5.92 Å². The van der Waals surface area contributed by atoms with Crippen LogP contribution in [0.2, 0.25) is 0 Å². The number of aromatic nitrogens is 2. The number of carbonyl (C=O) groups is 2. The summed E-state index contributed by atoms with van der Waals surface area (Å²) in [5.41, 5.74) is 1.86. The third-order valence-electron chi connectivity index (χ3n) is 7.22. The lowest BCUT2D eigenvalue weighted by atomic mass is 10.0. The topological polar surface area (TPSA) is 100 Å². The molecule has 1 saturated carbocycles. The lowest BCUT2D eigenvalue weighted by molar-refractivity contribution is -0.126. The molecule has 1 aliphatic heterocycles. The Morgan fingerprint density at radius 1 is 1.00 bits per heavy atom. The van der Waals surface area contributed by atoms with Crippen LogP contribution in [0.5, 0.6) is 0 Å². The highest BCUT2D eigenvalue weighted by Crippen LogP contribution is 2.41. The molecule has 2 heterocycles. The van der Waals surface area contributed by atoms with Gasteiger partial charge < -0.3 is 20.1 Å². The maximum absolute atomic E-state index is 13.4. The van der Waals surface area contributed by atoms with E-state index in [4.69, 9.17) is 4.52 Å². The standard InChI is InChI=1S/C28H33N5O3/c34-26-23-18-21(27-31-25(32-36-27)17-20-11-5-3-6-12-20)19-24(23)33(16-10-2-1-9-15-29-26)28(35)30-22-13-7-4-8-14-22/h3-8,11-14,21,23-24H,1-2,9-10,15-19H2,(H,29,34)(H,30,35)/t21-,23-,24+/m1/s1. The smallest absolute Gasteiger partial charge is 0.322 e. The Labute approximate surface area is 211 Å². The van der Waals surface area contributed by atoms with Crippen LogP contribution in [0.3, 0.4) is 0 Å². The fraction of sp³-hybridized carbons (Fsp3) is 0.429. The summed E-state index contributed by atoms with van der Waals surface area (Å²) in [5, 5.41) is 10.3. The minimum Gasteiger partial charge on any atom is -0.356 e. The molecule has 1 aromatic heterocycles. The van der Waals surface area contributed by atoms with E-state index in [0.717, 1.165) is 36.9 Å². The van der Waals surface area contributed by atoms with E-state index >= 15 is 0 Å². The van der Waals surface area contributed by atoms with E-state index in [0.29, 0.717) is 44.1 Å². The summed E-state index contributed by atoms with van der Waals surface area (Å²) in [5.74, 6) is 0.799. The van der Waals surface area contributed by atoms with E-state index < -0.39 is 0 Å². The van der Waals surface area contributed by atoms with Crippen LogP contribution in [-0.4, -0.2) is 46.1 Å². The van der Waals surface area contributed by atoms with E-state index in [9.17, 15) is 9.59 Å². The van der Waals surface area contributed by atoms with Gasteiger partial charge in [-0.3, -0.25) is 4.79 Å². The predicted octanol–water partition coefficient (Wildman–Crippen LogP) is 4.75. The van der Waals surface area contributed by atoms with E-state index in [-0.39, 0.29) is 29.8 Å². The fourth-order valence-electron chi connectivity index (χ4n) is 5.37. The lowest BCUT2D eigenvalue weighted by Gasteiger charge is -2.32. The normalized spacial score (nSPS) is 22.8. The van der Waals surface area contributed by atoms with Gasteiger partial charge in [-0.05, 0) is 43.4 Å². The Bertz CT molecular complexity index is 1150. The zero-order valence-corrected chi connectivity index (χ0v) is 20.4. The molecule has 8 heteroatoms. The van der Waals surface area contributed by atoms with Crippen LogP contribution in [0.15, 0.2) is 65.2 Å². The van der Waals surface area contributed by atoms with Crippen LogP contribution in [-0.2, 0) is 11.2 Å². The van der Waals surface area contributed by atoms with Gasteiger partial charge in [0.2, 0.25) is 11.8 Å². The molecule has 0 radical (unpaired) electrons. The van der Waals surface area contributed by atoms with E-state index in [2.05, 4.69) is 20.8 Å². The molecule has 3 atom stereocenters. The molecule has 2 aromatic carbocycles. The largest absolute Gasteiger partial charge is 0.356 e. The van der Waals surface area contributed by atoms with Gasteiger partial charge in [0, 0.05) is 37.2 Å². The highest BCUT2D eigenvalue weighted by atomic mass is 16.5. The van der Waals surface area contributed by atoms with Crippen molar-refractivity contribution in [2.45, 2.75) is 56.9 Å². The van der Waals surface area contributed by atoms with Gasteiger partial charge in [-0.25, -0.2) is 4.79 Å². The molecule has 8 nitrogen and oxygen atoms in total. The van der Waals surface area contributed by atoms with Crippen LogP contribution < -0.4 is 10.6 Å². The highest BCUT2D eigenvalue weighted by Gasteiger charge is 2.45. The van der Waals surface area contributed by atoms with Gasteiger partial charge in [0.15, 0.2) is 5.82 Å².